The molecule has 0 radical (unpaired) electrons. The summed E-state index contributed by atoms with van der Waals surface area (Å²) in [6.07, 6.45) is 0. The Morgan fingerprint density at radius 2 is 1.61 bits per heavy atom. The molecule has 0 saturated heterocycles. The number of hydrogen-bond donors (Lipinski definition) is 1. The monoisotopic (exact) mass is 313 g/mol. The molecule has 1 N–H and O–H groups in total. The van der Waals surface area contributed by atoms with Gasteiger partial charge in [0.1, 0.15) is 11.5 Å². The van der Waals surface area contributed by atoms with Crippen LogP contribution in [0.4, 0.5) is 0 Å². The maximum atomic E-state index is 11.9. The zero-order valence-electron chi connectivity index (χ0n) is 13.6. The predicted octanol–water partition coefficient (Wildman–Crippen LogP) is 3.38. The van der Waals surface area contributed by atoms with Gasteiger partial charge in [0.2, 0.25) is 0 Å². The molecule has 0 heterocycles. The third-order valence-corrected chi connectivity index (χ3v) is 3.48. The molecule has 0 unspecified atom stereocenters. The van der Waals surface area contributed by atoms with Gasteiger partial charge in [-0.25, -0.2) is 0 Å². The van der Waals surface area contributed by atoms with E-state index >= 15 is 0 Å². The van der Waals surface area contributed by atoms with Crippen molar-refractivity contribution in [3.05, 3.63) is 60.2 Å². The first-order valence-electron chi connectivity index (χ1n) is 7.86. The zero-order chi connectivity index (χ0) is 16.5. The Morgan fingerprint density at radius 1 is 1.00 bits per heavy atom. The minimum absolute atomic E-state index is 0.00942. The molecule has 0 aliphatic carbocycles. The summed E-state index contributed by atoms with van der Waals surface area (Å²) >= 11 is 0. The maximum absolute atomic E-state index is 11.9. The van der Waals surface area contributed by atoms with Crippen LogP contribution in [0, 0.1) is 0 Å². The van der Waals surface area contributed by atoms with Gasteiger partial charge in [0.15, 0.2) is 6.61 Å². The van der Waals surface area contributed by atoms with Crippen molar-refractivity contribution in [2.24, 2.45) is 0 Å². The van der Waals surface area contributed by atoms with Crippen LogP contribution in [0.5, 0.6) is 11.5 Å². The average Bonchev–Trinajstić information content (AvgIpc) is 2.60. The minimum atomic E-state index is -0.123. The highest BCUT2D eigenvalue weighted by Gasteiger charge is 2.08. The lowest BCUT2D eigenvalue weighted by Gasteiger charge is -2.13. The van der Waals surface area contributed by atoms with E-state index in [4.69, 9.17) is 9.47 Å². The van der Waals surface area contributed by atoms with Crippen LogP contribution in [0.15, 0.2) is 54.6 Å². The largest absolute Gasteiger partial charge is 0.494 e. The van der Waals surface area contributed by atoms with E-state index in [9.17, 15) is 4.79 Å². The summed E-state index contributed by atoms with van der Waals surface area (Å²) in [6, 6.07) is 17.4. The molecular formula is C19H23NO3. The van der Waals surface area contributed by atoms with E-state index in [1.165, 1.54) is 5.56 Å². The highest BCUT2D eigenvalue weighted by molar-refractivity contribution is 5.77. The Balaban J connectivity index is 1.72. The van der Waals surface area contributed by atoms with Crippen LogP contribution in [0.3, 0.4) is 0 Å². The van der Waals surface area contributed by atoms with E-state index in [-0.39, 0.29) is 18.4 Å². The van der Waals surface area contributed by atoms with Crippen molar-refractivity contribution >= 4 is 5.91 Å². The van der Waals surface area contributed by atoms with Crippen molar-refractivity contribution in [1.82, 2.24) is 5.32 Å². The molecule has 0 aromatic heterocycles. The number of carbonyl (C=O) groups is 1. The van der Waals surface area contributed by atoms with Crippen LogP contribution in [-0.4, -0.2) is 25.7 Å². The molecule has 0 aliphatic heterocycles. The third kappa shape index (κ3) is 5.66. The smallest absolute Gasteiger partial charge is 0.257 e. The first-order valence-corrected chi connectivity index (χ1v) is 7.86. The van der Waals surface area contributed by atoms with E-state index in [1.54, 1.807) is 12.1 Å². The maximum Gasteiger partial charge on any atom is 0.257 e. The van der Waals surface area contributed by atoms with Gasteiger partial charge in [0, 0.05) is 6.54 Å². The Labute approximate surface area is 137 Å². The lowest BCUT2D eigenvalue weighted by Crippen LogP contribution is -2.31. The van der Waals surface area contributed by atoms with Crippen LogP contribution >= 0.6 is 0 Å². The van der Waals surface area contributed by atoms with E-state index < -0.39 is 0 Å². The Hall–Kier alpha value is -2.49. The van der Waals surface area contributed by atoms with Crippen molar-refractivity contribution in [1.29, 1.82) is 0 Å². The van der Waals surface area contributed by atoms with Crippen molar-refractivity contribution in [2.75, 3.05) is 19.8 Å². The molecule has 2 aromatic carbocycles. The van der Waals surface area contributed by atoms with Crippen LogP contribution in [0.25, 0.3) is 0 Å². The van der Waals surface area contributed by atoms with Gasteiger partial charge in [-0.1, -0.05) is 37.3 Å². The molecule has 4 nitrogen and oxygen atoms in total. The topological polar surface area (TPSA) is 47.6 Å². The molecule has 0 spiro atoms. The molecule has 0 fully saturated rings. The second kappa shape index (κ2) is 8.83. The summed E-state index contributed by atoms with van der Waals surface area (Å²) in [5, 5.41) is 2.89. The fourth-order valence-corrected chi connectivity index (χ4v) is 2.17. The highest BCUT2D eigenvalue weighted by Crippen LogP contribution is 2.17. The van der Waals surface area contributed by atoms with Crippen molar-refractivity contribution in [3.63, 3.8) is 0 Å². The van der Waals surface area contributed by atoms with E-state index in [0.717, 1.165) is 5.75 Å². The number of hydrogen-bond acceptors (Lipinski definition) is 3. The molecule has 0 saturated carbocycles. The number of rotatable bonds is 8. The number of ether oxygens (including phenoxy) is 2. The molecule has 122 valence electrons. The molecule has 4 heteroatoms. The van der Waals surface area contributed by atoms with Gasteiger partial charge in [-0.05, 0) is 42.7 Å². The first-order chi connectivity index (χ1) is 11.2. The first kappa shape index (κ1) is 16.9. The summed E-state index contributed by atoms with van der Waals surface area (Å²) in [5.41, 5.74) is 1.21. The lowest BCUT2D eigenvalue weighted by molar-refractivity contribution is -0.123. The SMILES string of the molecule is CCOc1ccc(OCC(=O)NC[C@H](C)c2ccccc2)cc1. The number of nitrogens with one attached hydrogen (secondary N) is 1. The molecule has 1 amide bonds. The van der Waals surface area contributed by atoms with E-state index in [1.807, 2.05) is 37.3 Å². The van der Waals surface area contributed by atoms with Gasteiger partial charge in [-0.2, -0.15) is 0 Å². The van der Waals surface area contributed by atoms with Gasteiger partial charge in [-0.15, -0.1) is 0 Å². The van der Waals surface area contributed by atoms with Crippen LogP contribution < -0.4 is 14.8 Å². The molecule has 2 rings (SSSR count). The second-order valence-electron chi connectivity index (χ2n) is 5.31. The predicted molar refractivity (Wildman–Crippen MR) is 91.0 cm³/mol. The average molecular weight is 313 g/mol. The summed E-state index contributed by atoms with van der Waals surface area (Å²) < 4.78 is 10.8. The fourth-order valence-electron chi connectivity index (χ4n) is 2.17. The number of carbonyl (C=O) groups excluding carboxylic acids is 1. The molecular weight excluding hydrogens is 290 g/mol. The van der Waals surface area contributed by atoms with Crippen LogP contribution in [0.2, 0.25) is 0 Å². The zero-order valence-corrected chi connectivity index (χ0v) is 13.6. The summed E-state index contributed by atoms with van der Waals surface area (Å²) in [5.74, 6) is 1.59. The highest BCUT2D eigenvalue weighted by atomic mass is 16.5. The molecule has 1 atom stereocenters. The van der Waals surface area contributed by atoms with Crippen LogP contribution in [0.1, 0.15) is 25.3 Å². The Kier molecular flexibility index (Phi) is 6.48. The van der Waals surface area contributed by atoms with Gasteiger partial charge < -0.3 is 14.8 Å². The van der Waals surface area contributed by atoms with Crippen LogP contribution in [-0.2, 0) is 4.79 Å². The van der Waals surface area contributed by atoms with Gasteiger partial charge >= 0.3 is 0 Å². The lowest BCUT2D eigenvalue weighted by atomic mass is 10.0. The third-order valence-electron chi connectivity index (χ3n) is 3.48. The van der Waals surface area contributed by atoms with Gasteiger partial charge in [0.25, 0.3) is 5.91 Å². The summed E-state index contributed by atoms with van der Waals surface area (Å²) in [4.78, 5) is 11.9. The normalized spacial score (nSPS) is 11.6. The Morgan fingerprint density at radius 3 is 2.22 bits per heavy atom. The minimum Gasteiger partial charge on any atom is -0.494 e. The van der Waals surface area contributed by atoms with Crippen molar-refractivity contribution in [2.45, 2.75) is 19.8 Å². The van der Waals surface area contributed by atoms with Gasteiger partial charge in [0.05, 0.1) is 6.61 Å². The fraction of sp³-hybridized carbons (Fsp3) is 0.316. The molecule has 23 heavy (non-hydrogen) atoms. The second-order valence-corrected chi connectivity index (χ2v) is 5.31. The van der Waals surface area contributed by atoms with E-state index in [2.05, 4.69) is 24.4 Å². The molecule has 0 bridgehead atoms. The summed E-state index contributed by atoms with van der Waals surface area (Å²) in [6.45, 7) is 5.25. The van der Waals surface area contributed by atoms with E-state index in [0.29, 0.717) is 18.9 Å². The number of amides is 1. The number of benzene rings is 2. The summed E-state index contributed by atoms with van der Waals surface area (Å²) in [7, 11) is 0. The molecule has 2 aromatic rings. The van der Waals surface area contributed by atoms with Crippen molar-refractivity contribution < 1.29 is 14.3 Å². The quantitative estimate of drug-likeness (QED) is 0.812. The van der Waals surface area contributed by atoms with Gasteiger partial charge in [-0.3, -0.25) is 4.79 Å². The Bertz CT molecular complexity index is 596. The molecule has 0 aliphatic rings. The standard InChI is InChI=1S/C19H23NO3/c1-3-22-17-9-11-18(12-10-17)23-14-19(21)20-13-15(2)16-7-5-4-6-8-16/h4-12,15H,3,13-14H2,1-2H3,(H,20,21)/t15-/m0/s1. The van der Waals surface area contributed by atoms with Crippen molar-refractivity contribution in [3.8, 4) is 11.5 Å².